The van der Waals surface area contributed by atoms with E-state index in [-0.39, 0.29) is 5.82 Å². The van der Waals surface area contributed by atoms with Crippen molar-refractivity contribution in [2.45, 2.75) is 10.9 Å². The molecule has 0 saturated heterocycles. The average Bonchev–Trinajstić information content (AvgIpc) is 2.86. The molecule has 0 amide bonds. The fourth-order valence-electron chi connectivity index (χ4n) is 1.97. The Morgan fingerprint density at radius 2 is 1.95 bits per heavy atom. The van der Waals surface area contributed by atoms with E-state index in [1.165, 1.54) is 28.6 Å². The molecule has 0 aliphatic carbocycles. The Kier molecular flexibility index (Phi) is 4.31. The molecule has 0 radical (unpaired) electrons. The topological polar surface area (TPSA) is 56.7 Å². The fraction of sp³-hybridized carbons (Fsp3) is 0.0667. The van der Waals surface area contributed by atoms with Crippen LogP contribution in [0, 0.1) is 5.82 Å². The summed E-state index contributed by atoms with van der Waals surface area (Å²) >= 11 is 7.36. The number of thioether (sulfide) groups is 1. The number of benzene rings is 2. The lowest BCUT2D eigenvalue weighted by atomic mass is 10.2. The van der Waals surface area contributed by atoms with Crippen molar-refractivity contribution in [2.75, 3.05) is 5.84 Å². The lowest BCUT2D eigenvalue weighted by molar-refractivity contribution is 0.626. The van der Waals surface area contributed by atoms with Crippen molar-refractivity contribution < 1.29 is 4.39 Å². The second kappa shape index (κ2) is 6.37. The van der Waals surface area contributed by atoms with Gasteiger partial charge in [-0.3, -0.25) is 0 Å². The maximum atomic E-state index is 13.2. The molecule has 0 fully saturated rings. The van der Waals surface area contributed by atoms with E-state index in [1.54, 1.807) is 18.2 Å². The van der Waals surface area contributed by atoms with Gasteiger partial charge in [-0.2, -0.15) is 0 Å². The molecule has 1 aromatic heterocycles. The van der Waals surface area contributed by atoms with Gasteiger partial charge < -0.3 is 5.84 Å². The molecular weight excluding hydrogens is 323 g/mol. The van der Waals surface area contributed by atoms with E-state index in [0.29, 0.717) is 21.8 Å². The Hall–Kier alpha value is -2.05. The molecule has 4 nitrogen and oxygen atoms in total. The van der Waals surface area contributed by atoms with Crippen LogP contribution in [0.1, 0.15) is 5.56 Å². The first-order valence-corrected chi connectivity index (χ1v) is 7.83. The summed E-state index contributed by atoms with van der Waals surface area (Å²) in [4.78, 5) is 0. The molecule has 112 valence electrons. The van der Waals surface area contributed by atoms with Crippen LogP contribution in [-0.4, -0.2) is 14.9 Å². The highest BCUT2D eigenvalue weighted by atomic mass is 35.5. The monoisotopic (exact) mass is 334 g/mol. The van der Waals surface area contributed by atoms with Gasteiger partial charge in [0.15, 0.2) is 5.82 Å². The van der Waals surface area contributed by atoms with Gasteiger partial charge in [-0.15, -0.1) is 10.2 Å². The van der Waals surface area contributed by atoms with Crippen molar-refractivity contribution in [2.24, 2.45) is 0 Å². The summed E-state index contributed by atoms with van der Waals surface area (Å²) in [5, 5.41) is 9.33. The zero-order chi connectivity index (χ0) is 15.5. The van der Waals surface area contributed by atoms with Crippen LogP contribution in [0.3, 0.4) is 0 Å². The maximum Gasteiger partial charge on any atom is 0.210 e. The number of halogens is 2. The second-order valence-corrected chi connectivity index (χ2v) is 5.98. The summed E-state index contributed by atoms with van der Waals surface area (Å²) < 4.78 is 14.6. The van der Waals surface area contributed by atoms with Crippen molar-refractivity contribution in [3.63, 3.8) is 0 Å². The van der Waals surface area contributed by atoms with Gasteiger partial charge >= 0.3 is 0 Å². The van der Waals surface area contributed by atoms with Crippen molar-refractivity contribution in [3.05, 3.63) is 64.9 Å². The molecule has 2 N–H and O–H groups in total. The molecule has 3 rings (SSSR count). The minimum Gasteiger partial charge on any atom is -0.335 e. The highest BCUT2D eigenvalue weighted by Crippen LogP contribution is 2.25. The van der Waals surface area contributed by atoms with Crippen LogP contribution in [0.2, 0.25) is 5.02 Å². The molecule has 2 aromatic carbocycles. The molecule has 0 saturated carbocycles. The Morgan fingerprint density at radius 1 is 1.14 bits per heavy atom. The normalized spacial score (nSPS) is 10.8. The summed E-state index contributed by atoms with van der Waals surface area (Å²) in [6.45, 7) is 0. The quantitative estimate of drug-likeness (QED) is 0.583. The third kappa shape index (κ3) is 3.23. The van der Waals surface area contributed by atoms with E-state index in [1.807, 2.05) is 18.2 Å². The van der Waals surface area contributed by atoms with E-state index >= 15 is 0 Å². The van der Waals surface area contributed by atoms with Crippen LogP contribution in [0.15, 0.2) is 53.7 Å². The van der Waals surface area contributed by atoms with Crippen molar-refractivity contribution >= 4 is 23.4 Å². The first-order valence-electron chi connectivity index (χ1n) is 6.47. The summed E-state index contributed by atoms with van der Waals surface area (Å²) in [5.41, 5.74) is 1.65. The van der Waals surface area contributed by atoms with Gasteiger partial charge in [-0.25, -0.2) is 9.07 Å². The standard InChI is InChI=1S/C15H12ClFN4S/c16-12-5-2-4-11(8-12)14-19-20-15(21(14)18)22-9-10-3-1-6-13(17)7-10/h1-8H,9,18H2. The molecule has 0 bridgehead atoms. The Morgan fingerprint density at radius 3 is 2.73 bits per heavy atom. The predicted molar refractivity (Wildman–Crippen MR) is 86.6 cm³/mol. The zero-order valence-electron chi connectivity index (χ0n) is 11.4. The van der Waals surface area contributed by atoms with Crippen LogP contribution < -0.4 is 5.84 Å². The number of hydrogen-bond donors (Lipinski definition) is 1. The first-order chi connectivity index (χ1) is 10.6. The van der Waals surface area contributed by atoms with Crippen LogP contribution in [0.5, 0.6) is 0 Å². The molecule has 0 unspecified atom stereocenters. The minimum absolute atomic E-state index is 0.257. The number of hydrogen-bond acceptors (Lipinski definition) is 4. The summed E-state index contributed by atoms with van der Waals surface area (Å²) in [6.07, 6.45) is 0. The molecule has 1 heterocycles. The van der Waals surface area contributed by atoms with Crippen molar-refractivity contribution in [1.82, 2.24) is 14.9 Å². The zero-order valence-corrected chi connectivity index (χ0v) is 13.0. The highest BCUT2D eigenvalue weighted by molar-refractivity contribution is 7.98. The number of nitrogen functional groups attached to an aromatic ring is 1. The molecule has 0 aliphatic heterocycles. The molecule has 22 heavy (non-hydrogen) atoms. The van der Waals surface area contributed by atoms with Crippen LogP contribution >= 0.6 is 23.4 Å². The van der Waals surface area contributed by atoms with Gasteiger partial charge in [-0.05, 0) is 29.8 Å². The third-order valence-corrected chi connectivity index (χ3v) is 4.25. The van der Waals surface area contributed by atoms with E-state index < -0.39 is 0 Å². The summed E-state index contributed by atoms with van der Waals surface area (Å²) in [5.74, 6) is 6.87. The molecular formula is C15H12ClFN4S. The highest BCUT2D eigenvalue weighted by Gasteiger charge is 2.12. The molecule has 0 aliphatic rings. The molecule has 0 spiro atoms. The number of nitrogens with two attached hydrogens (primary N) is 1. The number of aromatic nitrogens is 3. The van der Waals surface area contributed by atoms with Gasteiger partial charge in [0.1, 0.15) is 5.82 Å². The van der Waals surface area contributed by atoms with E-state index in [2.05, 4.69) is 10.2 Å². The van der Waals surface area contributed by atoms with Gasteiger partial charge in [0.05, 0.1) is 0 Å². The molecule has 7 heteroatoms. The Labute approximate surface area is 136 Å². The van der Waals surface area contributed by atoms with Gasteiger partial charge in [0.2, 0.25) is 5.16 Å². The van der Waals surface area contributed by atoms with Gasteiger partial charge in [0.25, 0.3) is 0 Å². The number of rotatable bonds is 4. The van der Waals surface area contributed by atoms with E-state index in [4.69, 9.17) is 17.4 Å². The lowest BCUT2D eigenvalue weighted by Crippen LogP contribution is -2.11. The average molecular weight is 335 g/mol. The SMILES string of the molecule is Nn1c(SCc2cccc(F)c2)nnc1-c1cccc(Cl)c1. The second-order valence-electron chi connectivity index (χ2n) is 4.61. The van der Waals surface area contributed by atoms with E-state index in [9.17, 15) is 4.39 Å². The predicted octanol–water partition coefficient (Wildman–Crippen LogP) is 3.74. The van der Waals surface area contributed by atoms with Crippen LogP contribution in [0.25, 0.3) is 11.4 Å². The molecule has 0 atom stereocenters. The van der Waals surface area contributed by atoms with Crippen molar-refractivity contribution in [1.29, 1.82) is 0 Å². The third-order valence-electron chi connectivity index (χ3n) is 3.00. The number of nitrogens with zero attached hydrogens (tertiary/aromatic N) is 3. The largest absolute Gasteiger partial charge is 0.335 e. The van der Waals surface area contributed by atoms with Gasteiger partial charge in [-0.1, -0.05) is 47.6 Å². The minimum atomic E-state index is -0.257. The Balaban J connectivity index is 1.79. The van der Waals surface area contributed by atoms with Crippen LogP contribution in [0.4, 0.5) is 4.39 Å². The smallest absolute Gasteiger partial charge is 0.210 e. The maximum absolute atomic E-state index is 13.2. The summed E-state index contributed by atoms with van der Waals surface area (Å²) in [7, 11) is 0. The van der Waals surface area contributed by atoms with E-state index in [0.717, 1.165) is 11.1 Å². The lowest BCUT2D eigenvalue weighted by Gasteiger charge is -2.04. The fourth-order valence-corrected chi connectivity index (χ4v) is 2.96. The Bertz CT molecular complexity index is 806. The summed E-state index contributed by atoms with van der Waals surface area (Å²) in [6, 6.07) is 13.7. The van der Waals surface area contributed by atoms with Gasteiger partial charge in [0, 0.05) is 16.3 Å². The van der Waals surface area contributed by atoms with Crippen molar-refractivity contribution in [3.8, 4) is 11.4 Å². The van der Waals surface area contributed by atoms with Crippen LogP contribution in [-0.2, 0) is 5.75 Å². The first kappa shape index (κ1) is 14.9. The molecule has 3 aromatic rings.